The lowest BCUT2D eigenvalue weighted by atomic mass is 9.89. The Bertz CT molecular complexity index is 1660. The Kier molecular flexibility index (Phi) is 20.1. The van der Waals surface area contributed by atoms with E-state index in [2.05, 4.69) is 15.6 Å². The van der Waals surface area contributed by atoms with Crippen LogP contribution in [0.15, 0.2) is 54.9 Å². The summed E-state index contributed by atoms with van der Waals surface area (Å²) in [7, 11) is 8.01. The maximum absolute atomic E-state index is 14.5. The number of ether oxygens (including phenoxy) is 3. The van der Waals surface area contributed by atoms with Crippen molar-refractivity contribution in [3.63, 3.8) is 0 Å². The van der Waals surface area contributed by atoms with E-state index < -0.39 is 54.3 Å². The number of esters is 1. The van der Waals surface area contributed by atoms with Gasteiger partial charge in [0.15, 0.2) is 0 Å². The smallest absolute Gasteiger partial charge is 0.328 e. The maximum Gasteiger partial charge on any atom is 0.328 e. The summed E-state index contributed by atoms with van der Waals surface area (Å²) in [6.45, 7) is 14.6. The summed E-state index contributed by atoms with van der Waals surface area (Å²) in [4.78, 5) is 78.8. The number of likely N-dealkylation sites (tertiary alicyclic amines) is 1. The van der Waals surface area contributed by atoms with Gasteiger partial charge in [-0.2, -0.15) is 0 Å². The summed E-state index contributed by atoms with van der Waals surface area (Å²) in [5, 5.41) is 5.97. The molecule has 2 aromatic rings. The fourth-order valence-electron chi connectivity index (χ4n) is 8.65. The molecule has 0 spiro atoms. The van der Waals surface area contributed by atoms with E-state index in [0.29, 0.717) is 25.9 Å². The highest BCUT2D eigenvalue weighted by Gasteiger charge is 2.43. The minimum atomic E-state index is -0.898. The second-order valence-corrected chi connectivity index (χ2v) is 17.1. The zero-order valence-electron chi connectivity index (χ0n) is 38.1. The zero-order chi connectivity index (χ0) is 44.7. The van der Waals surface area contributed by atoms with E-state index in [4.69, 9.17) is 14.2 Å². The Morgan fingerprint density at radius 3 is 2.05 bits per heavy atom. The third kappa shape index (κ3) is 13.3. The van der Waals surface area contributed by atoms with Crippen LogP contribution in [-0.2, 0) is 51.1 Å². The molecule has 9 atom stereocenters. The van der Waals surface area contributed by atoms with E-state index in [1.165, 1.54) is 14.2 Å². The number of carbonyl (C=O) groups excluding carboxylic acids is 5. The molecular weight excluding hydrogens is 765 g/mol. The molecular formula is C46H72N6O8. The zero-order valence-corrected chi connectivity index (χ0v) is 38.1. The molecule has 2 unspecified atom stereocenters. The number of methoxy groups -OCH3 is 3. The average Bonchev–Trinajstić information content (AvgIpc) is 3.72. The van der Waals surface area contributed by atoms with Gasteiger partial charge in [0, 0.05) is 53.2 Å². The van der Waals surface area contributed by atoms with Crippen molar-refractivity contribution in [3.05, 3.63) is 66.0 Å². The highest BCUT2D eigenvalue weighted by molar-refractivity contribution is 5.90. The van der Waals surface area contributed by atoms with Gasteiger partial charge in [0.2, 0.25) is 23.6 Å². The van der Waals surface area contributed by atoms with Crippen molar-refractivity contribution in [3.8, 4) is 0 Å². The predicted molar refractivity (Wildman–Crippen MR) is 231 cm³/mol. The van der Waals surface area contributed by atoms with Gasteiger partial charge in [0.05, 0.1) is 49.8 Å². The second-order valence-electron chi connectivity index (χ2n) is 17.1. The Hall–Kier alpha value is -4.40. The molecule has 0 aliphatic carbocycles. The van der Waals surface area contributed by atoms with Crippen LogP contribution >= 0.6 is 0 Å². The number of benzene rings is 1. The topological polar surface area (TPSA) is 160 Å². The number of likely N-dealkylation sites (N-methyl/N-ethyl adjacent to an activating group) is 2. The Morgan fingerprint density at radius 1 is 0.850 bits per heavy atom. The van der Waals surface area contributed by atoms with Crippen LogP contribution in [0.25, 0.3) is 0 Å². The van der Waals surface area contributed by atoms with Crippen LogP contribution in [0.3, 0.4) is 0 Å². The standard InChI is InChI=1S/C46H72N6O8/c1-13-31(6)41(51(9)45(56)39(29(2)3)49-44(55)40(30(4)5)50(8)28-34-21-23-47-24-22-34)37(58-10)27-38(53)52-25-17-20-36(52)42(59-11)32(7)43(54)48-35(46(57)60-12)26-33-18-15-14-16-19-33/h14-16,18-19,21-24,29-32,35-37,39-42H,13,17,20,25-28H2,1-12H3,(H,48,54)(H,49,55)/t31-,32+,35-,36-,37+,39-,40?,41?,42+/m0/s1. The van der Waals surface area contributed by atoms with Crippen LogP contribution in [0.4, 0.5) is 0 Å². The van der Waals surface area contributed by atoms with Crippen LogP contribution in [0.5, 0.6) is 0 Å². The van der Waals surface area contributed by atoms with Crippen LogP contribution in [0.2, 0.25) is 0 Å². The van der Waals surface area contributed by atoms with Gasteiger partial charge < -0.3 is 34.6 Å². The number of nitrogens with one attached hydrogen (secondary N) is 2. The molecule has 1 fully saturated rings. The molecule has 0 bridgehead atoms. The SMILES string of the molecule is CC[C@H](C)C([C@@H](CC(=O)N1CCC[C@H]1[C@H](OC)[C@@H](C)C(=O)N[C@@H](Cc1ccccc1)C(=O)OC)OC)N(C)C(=O)[C@@H](NC(=O)C(C(C)C)N(C)Cc1ccncc1)C(C)C. The van der Waals surface area contributed by atoms with Crippen molar-refractivity contribution < 1.29 is 38.2 Å². The fourth-order valence-corrected chi connectivity index (χ4v) is 8.65. The summed E-state index contributed by atoms with van der Waals surface area (Å²) >= 11 is 0. The van der Waals surface area contributed by atoms with Gasteiger partial charge in [-0.05, 0) is 60.9 Å². The molecule has 14 heteroatoms. The Morgan fingerprint density at radius 2 is 1.50 bits per heavy atom. The lowest BCUT2D eigenvalue weighted by molar-refractivity contribution is -0.149. The van der Waals surface area contributed by atoms with Crippen LogP contribution in [0, 0.1) is 23.7 Å². The van der Waals surface area contributed by atoms with Gasteiger partial charge in [-0.15, -0.1) is 0 Å². The molecule has 1 aromatic heterocycles. The van der Waals surface area contributed by atoms with E-state index in [-0.39, 0.29) is 54.2 Å². The highest BCUT2D eigenvalue weighted by Crippen LogP contribution is 2.30. The van der Waals surface area contributed by atoms with Gasteiger partial charge in [0.1, 0.15) is 12.1 Å². The normalized spacial score (nSPS) is 18.2. The second kappa shape index (κ2) is 24.1. The Labute approximate surface area is 358 Å². The van der Waals surface area contributed by atoms with Crippen molar-refractivity contribution in [1.82, 2.24) is 30.3 Å². The number of aromatic nitrogens is 1. The van der Waals surface area contributed by atoms with Crippen LogP contribution < -0.4 is 10.6 Å². The van der Waals surface area contributed by atoms with Gasteiger partial charge in [-0.3, -0.25) is 29.1 Å². The molecule has 2 heterocycles. The van der Waals surface area contributed by atoms with Crippen molar-refractivity contribution in [2.75, 3.05) is 42.0 Å². The number of amides is 4. The number of hydrogen-bond acceptors (Lipinski definition) is 10. The third-order valence-corrected chi connectivity index (χ3v) is 12.1. The molecule has 1 aliphatic rings. The summed E-state index contributed by atoms with van der Waals surface area (Å²) in [5.41, 5.74) is 1.90. The first-order valence-electron chi connectivity index (χ1n) is 21.4. The molecule has 60 heavy (non-hydrogen) atoms. The summed E-state index contributed by atoms with van der Waals surface area (Å²) in [5.74, 6) is -2.61. The van der Waals surface area contributed by atoms with Gasteiger partial charge in [0.25, 0.3) is 0 Å². The molecule has 0 saturated carbocycles. The largest absolute Gasteiger partial charge is 0.467 e. The molecule has 3 rings (SSSR count). The molecule has 334 valence electrons. The molecule has 14 nitrogen and oxygen atoms in total. The van der Waals surface area contributed by atoms with E-state index in [1.54, 1.807) is 43.3 Å². The maximum atomic E-state index is 14.5. The highest BCUT2D eigenvalue weighted by atomic mass is 16.5. The molecule has 4 amide bonds. The first-order valence-corrected chi connectivity index (χ1v) is 21.4. The monoisotopic (exact) mass is 837 g/mol. The van der Waals surface area contributed by atoms with Crippen molar-refractivity contribution >= 4 is 29.6 Å². The molecule has 0 radical (unpaired) electrons. The number of pyridine rings is 1. The lowest BCUT2D eigenvalue weighted by Gasteiger charge is -2.41. The summed E-state index contributed by atoms with van der Waals surface area (Å²) < 4.78 is 17.0. The Balaban J connectivity index is 1.78. The third-order valence-electron chi connectivity index (χ3n) is 12.1. The van der Waals surface area contributed by atoms with E-state index in [1.807, 2.05) is 96.0 Å². The first-order chi connectivity index (χ1) is 28.5. The van der Waals surface area contributed by atoms with E-state index in [0.717, 1.165) is 17.5 Å². The minimum absolute atomic E-state index is 0.00788. The first kappa shape index (κ1) is 50.0. The van der Waals surface area contributed by atoms with Crippen molar-refractivity contribution in [2.24, 2.45) is 23.7 Å². The molecule has 1 saturated heterocycles. The number of rotatable bonds is 23. The summed E-state index contributed by atoms with van der Waals surface area (Å²) in [6, 6.07) is 10.1. The predicted octanol–water partition coefficient (Wildman–Crippen LogP) is 4.50. The minimum Gasteiger partial charge on any atom is -0.467 e. The molecule has 1 aliphatic heterocycles. The molecule has 2 N–H and O–H groups in total. The van der Waals surface area contributed by atoms with E-state index >= 15 is 0 Å². The van der Waals surface area contributed by atoms with Crippen LogP contribution in [-0.4, -0.2) is 134 Å². The quantitative estimate of drug-likeness (QED) is 0.153. The fraction of sp³-hybridized carbons (Fsp3) is 0.652. The van der Waals surface area contributed by atoms with Gasteiger partial charge >= 0.3 is 5.97 Å². The average molecular weight is 837 g/mol. The number of hydrogen-bond donors (Lipinski definition) is 2. The number of nitrogens with zero attached hydrogens (tertiary/aromatic N) is 4. The molecule has 1 aromatic carbocycles. The van der Waals surface area contributed by atoms with Crippen molar-refractivity contribution in [1.29, 1.82) is 0 Å². The number of carbonyl (C=O) groups is 5. The van der Waals surface area contributed by atoms with Gasteiger partial charge in [-0.1, -0.05) is 85.2 Å². The summed E-state index contributed by atoms with van der Waals surface area (Å²) in [6.07, 6.45) is 4.45. The van der Waals surface area contributed by atoms with Crippen molar-refractivity contribution in [2.45, 2.75) is 130 Å². The van der Waals surface area contributed by atoms with E-state index in [9.17, 15) is 24.0 Å². The van der Waals surface area contributed by atoms with Crippen LogP contribution in [0.1, 0.15) is 85.3 Å². The van der Waals surface area contributed by atoms with Gasteiger partial charge in [-0.25, -0.2) is 4.79 Å². The lowest BCUT2D eigenvalue weighted by Crippen LogP contribution is -2.60.